The Morgan fingerprint density at radius 1 is 1.17 bits per heavy atom. The van der Waals surface area contributed by atoms with Gasteiger partial charge in [-0.3, -0.25) is 0 Å². The Morgan fingerprint density at radius 2 is 1.97 bits per heavy atom. The number of benzene rings is 1. The highest BCUT2D eigenvalue weighted by molar-refractivity contribution is 7.88. The first kappa shape index (κ1) is 20.9. The van der Waals surface area contributed by atoms with Crippen LogP contribution in [0, 0.1) is 5.82 Å². The summed E-state index contributed by atoms with van der Waals surface area (Å²) >= 11 is 1.47. The third-order valence-corrected chi connectivity index (χ3v) is 7.50. The lowest BCUT2D eigenvalue weighted by molar-refractivity contribution is 0.373. The molecule has 1 aromatic carbocycles. The molecule has 0 saturated carbocycles. The van der Waals surface area contributed by atoms with E-state index in [9.17, 15) is 12.8 Å². The minimum atomic E-state index is -3.13. The molecule has 30 heavy (non-hydrogen) atoms. The SMILES string of the molecule is CS(=O)(=O)N1CCCC1CCc1ccc(Nc2ncc(-c3ccc(F)cc3)s2)nc1. The van der Waals surface area contributed by atoms with Crippen molar-refractivity contribution >= 4 is 32.3 Å². The molecule has 0 radical (unpaired) electrons. The number of aryl methyl sites for hydroxylation is 1. The number of thiazole rings is 1. The van der Waals surface area contributed by atoms with Crippen molar-refractivity contribution in [3.63, 3.8) is 0 Å². The molecule has 0 bridgehead atoms. The monoisotopic (exact) mass is 446 g/mol. The number of hydrogen-bond acceptors (Lipinski definition) is 6. The van der Waals surface area contributed by atoms with E-state index in [2.05, 4.69) is 15.3 Å². The van der Waals surface area contributed by atoms with E-state index >= 15 is 0 Å². The van der Waals surface area contributed by atoms with Gasteiger partial charge in [-0.05, 0) is 55.0 Å². The minimum Gasteiger partial charge on any atom is -0.316 e. The summed E-state index contributed by atoms with van der Waals surface area (Å²) in [7, 11) is -3.13. The highest BCUT2D eigenvalue weighted by atomic mass is 32.2. The van der Waals surface area contributed by atoms with E-state index in [-0.39, 0.29) is 11.9 Å². The lowest BCUT2D eigenvalue weighted by Gasteiger charge is -2.21. The van der Waals surface area contributed by atoms with Gasteiger partial charge in [-0.25, -0.2) is 22.8 Å². The Hall–Kier alpha value is -2.36. The third kappa shape index (κ3) is 5.03. The lowest BCUT2D eigenvalue weighted by Crippen LogP contribution is -2.34. The average molecular weight is 447 g/mol. The predicted octanol–water partition coefficient (Wildman–Crippen LogP) is 4.44. The highest BCUT2D eigenvalue weighted by Gasteiger charge is 2.30. The largest absolute Gasteiger partial charge is 0.316 e. The van der Waals surface area contributed by atoms with Gasteiger partial charge in [0.1, 0.15) is 11.6 Å². The van der Waals surface area contributed by atoms with Crippen molar-refractivity contribution in [2.45, 2.75) is 31.7 Å². The molecule has 4 rings (SSSR count). The molecule has 1 unspecified atom stereocenters. The number of sulfonamides is 1. The number of nitrogens with one attached hydrogen (secondary N) is 1. The highest BCUT2D eigenvalue weighted by Crippen LogP contribution is 2.30. The summed E-state index contributed by atoms with van der Waals surface area (Å²) in [6, 6.07) is 10.3. The maximum Gasteiger partial charge on any atom is 0.211 e. The summed E-state index contributed by atoms with van der Waals surface area (Å²) in [4.78, 5) is 9.76. The molecule has 0 aliphatic carbocycles. The molecule has 3 heterocycles. The van der Waals surface area contributed by atoms with E-state index in [4.69, 9.17) is 0 Å². The minimum absolute atomic E-state index is 0.0815. The maximum atomic E-state index is 13.1. The molecule has 1 aliphatic heterocycles. The topological polar surface area (TPSA) is 75.2 Å². The van der Waals surface area contributed by atoms with Gasteiger partial charge < -0.3 is 5.32 Å². The molecule has 1 fully saturated rings. The summed E-state index contributed by atoms with van der Waals surface area (Å²) in [5.74, 6) is 0.431. The van der Waals surface area contributed by atoms with Crippen LogP contribution in [0.25, 0.3) is 10.4 Å². The molecule has 1 atom stereocenters. The molecule has 3 aromatic rings. The van der Waals surface area contributed by atoms with E-state index in [0.29, 0.717) is 17.5 Å². The van der Waals surface area contributed by atoms with Crippen LogP contribution in [0.5, 0.6) is 0 Å². The molecule has 2 aromatic heterocycles. The van der Waals surface area contributed by atoms with Crippen LogP contribution in [0.2, 0.25) is 0 Å². The standard InChI is InChI=1S/C21H23FN4O2S2/c1-30(27,28)26-12-2-3-18(26)10-4-15-5-11-20(23-13-15)25-21-24-14-19(29-21)16-6-8-17(22)9-7-16/h5-9,11,13-14,18H,2-4,10,12H2,1H3,(H,23,24,25). The quantitative estimate of drug-likeness (QED) is 0.581. The lowest BCUT2D eigenvalue weighted by atomic mass is 10.1. The van der Waals surface area contributed by atoms with Crippen LogP contribution in [-0.2, 0) is 16.4 Å². The number of anilines is 2. The molecule has 6 nitrogen and oxygen atoms in total. The van der Waals surface area contributed by atoms with Gasteiger partial charge in [-0.1, -0.05) is 29.5 Å². The molecular formula is C21H23FN4O2S2. The van der Waals surface area contributed by atoms with Crippen LogP contribution >= 0.6 is 11.3 Å². The van der Waals surface area contributed by atoms with Gasteiger partial charge in [-0.15, -0.1) is 0 Å². The first-order chi connectivity index (χ1) is 14.4. The van der Waals surface area contributed by atoms with Gasteiger partial charge in [0.2, 0.25) is 10.0 Å². The van der Waals surface area contributed by atoms with Crippen LogP contribution in [0.4, 0.5) is 15.3 Å². The van der Waals surface area contributed by atoms with Crippen molar-refractivity contribution in [1.82, 2.24) is 14.3 Å². The fourth-order valence-electron chi connectivity index (χ4n) is 3.70. The van der Waals surface area contributed by atoms with Crippen molar-refractivity contribution in [2.24, 2.45) is 0 Å². The van der Waals surface area contributed by atoms with Gasteiger partial charge >= 0.3 is 0 Å². The summed E-state index contributed by atoms with van der Waals surface area (Å²) in [6.07, 6.45) is 8.28. The molecule has 1 N–H and O–H groups in total. The van der Waals surface area contributed by atoms with E-state index in [1.807, 2.05) is 18.3 Å². The molecule has 9 heteroatoms. The van der Waals surface area contributed by atoms with E-state index in [1.165, 1.54) is 29.7 Å². The fraction of sp³-hybridized carbons (Fsp3) is 0.333. The number of pyridine rings is 1. The van der Waals surface area contributed by atoms with Gasteiger partial charge in [0, 0.05) is 25.0 Å². The molecule has 1 saturated heterocycles. The van der Waals surface area contributed by atoms with Crippen molar-refractivity contribution in [3.8, 4) is 10.4 Å². The average Bonchev–Trinajstić information content (AvgIpc) is 3.37. The van der Waals surface area contributed by atoms with Crippen molar-refractivity contribution in [2.75, 3.05) is 18.1 Å². The predicted molar refractivity (Wildman–Crippen MR) is 118 cm³/mol. The van der Waals surface area contributed by atoms with Crippen LogP contribution in [0.3, 0.4) is 0 Å². The normalized spacial score (nSPS) is 17.3. The van der Waals surface area contributed by atoms with Crippen LogP contribution in [0.1, 0.15) is 24.8 Å². The van der Waals surface area contributed by atoms with Gasteiger partial charge in [0.15, 0.2) is 5.13 Å². The Labute approximate surface area is 179 Å². The Balaban J connectivity index is 1.34. The fourth-order valence-corrected chi connectivity index (χ4v) is 5.74. The first-order valence-corrected chi connectivity index (χ1v) is 12.5. The number of hydrogen-bond donors (Lipinski definition) is 1. The van der Waals surface area contributed by atoms with Crippen molar-refractivity contribution in [3.05, 3.63) is 60.2 Å². The molecule has 158 valence electrons. The first-order valence-electron chi connectivity index (χ1n) is 9.79. The van der Waals surface area contributed by atoms with E-state index < -0.39 is 10.0 Å². The van der Waals surface area contributed by atoms with Crippen molar-refractivity contribution < 1.29 is 12.8 Å². The Bertz CT molecular complexity index is 1100. The summed E-state index contributed by atoms with van der Waals surface area (Å²) in [5.41, 5.74) is 1.99. The Kier molecular flexibility index (Phi) is 6.12. The van der Waals surface area contributed by atoms with E-state index in [1.54, 1.807) is 22.6 Å². The maximum absolute atomic E-state index is 13.1. The number of rotatable bonds is 7. The zero-order chi connectivity index (χ0) is 21.1. The molecule has 1 aliphatic rings. The number of nitrogens with zero attached hydrogens (tertiary/aromatic N) is 3. The van der Waals surface area contributed by atoms with E-state index in [0.717, 1.165) is 41.7 Å². The summed E-state index contributed by atoms with van der Waals surface area (Å²) < 4.78 is 38.4. The van der Waals surface area contributed by atoms with Gasteiger partial charge in [0.25, 0.3) is 0 Å². The second-order valence-corrected chi connectivity index (χ2v) is 10.4. The second-order valence-electron chi connectivity index (χ2n) is 7.42. The zero-order valence-electron chi connectivity index (χ0n) is 16.6. The zero-order valence-corrected chi connectivity index (χ0v) is 18.2. The second kappa shape index (κ2) is 8.79. The van der Waals surface area contributed by atoms with Gasteiger partial charge in [-0.2, -0.15) is 4.31 Å². The molecular weight excluding hydrogens is 423 g/mol. The molecule has 0 spiro atoms. The number of halogens is 1. The summed E-state index contributed by atoms with van der Waals surface area (Å²) in [6.45, 7) is 0.623. The number of aromatic nitrogens is 2. The summed E-state index contributed by atoms with van der Waals surface area (Å²) in [5, 5.41) is 3.90. The smallest absolute Gasteiger partial charge is 0.211 e. The van der Waals surface area contributed by atoms with Crippen LogP contribution < -0.4 is 5.32 Å². The van der Waals surface area contributed by atoms with Crippen LogP contribution in [-0.4, -0.2) is 41.5 Å². The Morgan fingerprint density at radius 3 is 2.67 bits per heavy atom. The van der Waals surface area contributed by atoms with Crippen molar-refractivity contribution in [1.29, 1.82) is 0 Å². The van der Waals surface area contributed by atoms with Gasteiger partial charge in [0.05, 0.1) is 11.1 Å². The molecule has 0 amide bonds. The third-order valence-electron chi connectivity index (χ3n) is 5.21. The van der Waals surface area contributed by atoms with Crippen LogP contribution in [0.15, 0.2) is 48.8 Å².